The molecule has 9 nitrogen and oxygen atoms in total. The fourth-order valence-corrected chi connectivity index (χ4v) is 4.37. The van der Waals surface area contributed by atoms with Gasteiger partial charge in [0.25, 0.3) is 11.5 Å². The average Bonchev–Trinajstić information content (AvgIpc) is 3.38. The lowest BCUT2D eigenvalue weighted by Crippen LogP contribution is -2.39. The van der Waals surface area contributed by atoms with Crippen molar-refractivity contribution in [3.63, 3.8) is 0 Å². The zero-order valence-electron chi connectivity index (χ0n) is 17.0. The Morgan fingerprint density at radius 2 is 2.23 bits per heavy atom. The average molecular weight is 405 g/mol. The number of H-pyrrole nitrogens is 1. The summed E-state index contributed by atoms with van der Waals surface area (Å²) in [6.07, 6.45) is 7.50. The van der Waals surface area contributed by atoms with Crippen molar-refractivity contribution >= 4 is 17.2 Å². The molecule has 0 saturated carbocycles. The van der Waals surface area contributed by atoms with Crippen molar-refractivity contribution in [2.24, 2.45) is 0 Å². The first-order chi connectivity index (χ1) is 14.6. The number of hydrogen-bond donors (Lipinski definition) is 1. The van der Waals surface area contributed by atoms with Crippen molar-refractivity contribution in [3.8, 4) is 0 Å². The Morgan fingerprint density at radius 1 is 1.37 bits per heavy atom. The molecule has 0 unspecified atom stereocenters. The summed E-state index contributed by atoms with van der Waals surface area (Å²) >= 11 is 0. The molecule has 1 N–H and O–H groups in total. The van der Waals surface area contributed by atoms with Crippen LogP contribution in [-0.4, -0.2) is 53.1 Å². The van der Waals surface area contributed by atoms with Gasteiger partial charge in [0.2, 0.25) is 0 Å². The largest absolute Gasteiger partial charge is 0.338 e. The number of likely N-dealkylation sites (tertiary alicyclic amines) is 1. The number of aromatic nitrogens is 6. The predicted molar refractivity (Wildman–Crippen MR) is 111 cm³/mol. The van der Waals surface area contributed by atoms with Gasteiger partial charge in [0, 0.05) is 54.4 Å². The number of carbonyl (C=O) groups excluding carboxylic acids is 1. The van der Waals surface area contributed by atoms with Gasteiger partial charge in [-0.05, 0) is 32.3 Å². The van der Waals surface area contributed by atoms with E-state index in [1.165, 1.54) is 4.52 Å². The van der Waals surface area contributed by atoms with Crippen LogP contribution in [0.15, 0.2) is 35.5 Å². The summed E-state index contributed by atoms with van der Waals surface area (Å²) in [4.78, 5) is 36.6. The van der Waals surface area contributed by atoms with E-state index in [-0.39, 0.29) is 17.4 Å². The number of carbonyl (C=O) groups is 1. The summed E-state index contributed by atoms with van der Waals surface area (Å²) in [7, 11) is 0. The molecular weight excluding hydrogens is 382 g/mol. The molecule has 1 atom stereocenters. The van der Waals surface area contributed by atoms with Gasteiger partial charge in [-0.25, -0.2) is 19.0 Å². The smallest absolute Gasteiger partial charge is 0.276 e. The number of amides is 1. The SMILES string of the molecule is CCc1c(C)nc2cc([C@@H]3CCCN(C(=O)c4cnn5cccnc45)C3)[nH]n2c1=O. The predicted octanol–water partition coefficient (Wildman–Crippen LogP) is 1.96. The molecule has 4 aromatic rings. The maximum Gasteiger partial charge on any atom is 0.276 e. The highest BCUT2D eigenvalue weighted by atomic mass is 16.2. The Kier molecular flexibility index (Phi) is 4.38. The Morgan fingerprint density at radius 3 is 3.07 bits per heavy atom. The normalized spacial score (nSPS) is 17.1. The summed E-state index contributed by atoms with van der Waals surface area (Å²) < 4.78 is 3.13. The second-order valence-electron chi connectivity index (χ2n) is 7.78. The minimum atomic E-state index is -0.0658. The van der Waals surface area contributed by atoms with Gasteiger partial charge in [0.1, 0.15) is 5.56 Å². The van der Waals surface area contributed by atoms with E-state index in [1.54, 1.807) is 29.2 Å². The number of nitrogens with zero attached hydrogens (tertiary/aromatic N) is 6. The van der Waals surface area contributed by atoms with Crippen LogP contribution in [0.25, 0.3) is 11.3 Å². The van der Waals surface area contributed by atoms with Gasteiger partial charge in [-0.1, -0.05) is 6.92 Å². The summed E-state index contributed by atoms with van der Waals surface area (Å²) in [6, 6.07) is 3.71. The van der Waals surface area contributed by atoms with Crippen LogP contribution < -0.4 is 5.56 Å². The van der Waals surface area contributed by atoms with Gasteiger partial charge in [0.15, 0.2) is 11.3 Å². The summed E-state index contributed by atoms with van der Waals surface area (Å²) in [5, 5.41) is 7.46. The molecular formula is C21H23N7O2. The topological polar surface area (TPSA) is 101 Å². The molecule has 0 radical (unpaired) electrons. The van der Waals surface area contributed by atoms with E-state index >= 15 is 0 Å². The van der Waals surface area contributed by atoms with Crippen LogP contribution in [0.4, 0.5) is 0 Å². The quantitative estimate of drug-likeness (QED) is 0.562. The third kappa shape index (κ3) is 2.89. The third-order valence-corrected chi connectivity index (χ3v) is 5.95. The Bertz CT molecular complexity index is 1320. The van der Waals surface area contributed by atoms with Crippen LogP contribution in [0.2, 0.25) is 0 Å². The molecule has 1 saturated heterocycles. The third-order valence-electron chi connectivity index (χ3n) is 5.95. The maximum absolute atomic E-state index is 13.2. The van der Waals surface area contributed by atoms with E-state index in [0.717, 1.165) is 29.8 Å². The first-order valence-corrected chi connectivity index (χ1v) is 10.3. The standard InChI is InChI=1S/C21H23N7O2/c1-3-15-13(2)24-18-10-17(25-28(18)21(15)30)14-6-4-8-26(12-14)20(29)16-11-23-27-9-5-7-22-19(16)27/h5,7,9-11,14,25H,3-4,6,8,12H2,1-2H3/t14-/m1/s1. The highest BCUT2D eigenvalue weighted by Gasteiger charge is 2.29. The van der Waals surface area contributed by atoms with Gasteiger partial charge < -0.3 is 4.90 Å². The van der Waals surface area contributed by atoms with E-state index in [1.807, 2.05) is 24.8 Å². The minimum absolute atomic E-state index is 0.0487. The van der Waals surface area contributed by atoms with Gasteiger partial charge >= 0.3 is 0 Å². The van der Waals surface area contributed by atoms with Crippen molar-refractivity contribution in [2.45, 2.75) is 39.0 Å². The van der Waals surface area contributed by atoms with Crippen LogP contribution in [-0.2, 0) is 6.42 Å². The fraction of sp³-hybridized carbons (Fsp3) is 0.381. The minimum Gasteiger partial charge on any atom is -0.338 e. The zero-order chi connectivity index (χ0) is 20.8. The van der Waals surface area contributed by atoms with E-state index in [4.69, 9.17) is 0 Å². The number of fused-ring (bicyclic) bond motifs is 2. The first kappa shape index (κ1) is 18.5. The van der Waals surface area contributed by atoms with E-state index < -0.39 is 0 Å². The summed E-state index contributed by atoms with van der Waals surface area (Å²) in [6.45, 7) is 5.10. The van der Waals surface area contributed by atoms with Crippen LogP contribution in [0.1, 0.15) is 53.0 Å². The molecule has 4 aromatic heterocycles. The molecule has 30 heavy (non-hydrogen) atoms. The molecule has 0 bridgehead atoms. The second-order valence-corrected chi connectivity index (χ2v) is 7.78. The van der Waals surface area contributed by atoms with Crippen LogP contribution in [0.5, 0.6) is 0 Å². The number of hydrogen-bond acceptors (Lipinski definition) is 5. The van der Waals surface area contributed by atoms with E-state index in [0.29, 0.717) is 36.4 Å². The number of aryl methyl sites for hydroxylation is 1. The molecule has 0 aromatic carbocycles. The highest BCUT2D eigenvalue weighted by molar-refractivity contribution is 5.99. The fourth-order valence-electron chi connectivity index (χ4n) is 4.37. The van der Waals surface area contributed by atoms with Crippen molar-refractivity contribution in [1.29, 1.82) is 0 Å². The lowest BCUT2D eigenvalue weighted by Gasteiger charge is -2.32. The Labute approximate surface area is 172 Å². The van der Waals surface area contributed by atoms with E-state index in [2.05, 4.69) is 20.2 Å². The number of piperidine rings is 1. The second kappa shape index (κ2) is 7.08. The highest BCUT2D eigenvalue weighted by Crippen LogP contribution is 2.28. The van der Waals surface area contributed by atoms with Crippen molar-refractivity contribution in [2.75, 3.05) is 13.1 Å². The molecule has 0 spiro atoms. The lowest BCUT2D eigenvalue weighted by molar-refractivity contribution is 0.0707. The van der Waals surface area contributed by atoms with Crippen LogP contribution in [0, 0.1) is 6.92 Å². The van der Waals surface area contributed by atoms with Gasteiger partial charge in [0.05, 0.1) is 6.20 Å². The molecule has 9 heteroatoms. The summed E-state index contributed by atoms with van der Waals surface area (Å²) in [5.41, 5.74) is 4.08. The van der Waals surface area contributed by atoms with Gasteiger partial charge in [-0.3, -0.25) is 14.7 Å². The van der Waals surface area contributed by atoms with Crippen molar-refractivity contribution in [3.05, 3.63) is 63.6 Å². The molecule has 5 rings (SSSR count). The number of aromatic amines is 1. The van der Waals surface area contributed by atoms with Crippen LogP contribution >= 0.6 is 0 Å². The molecule has 1 aliphatic heterocycles. The number of rotatable bonds is 3. The monoisotopic (exact) mass is 405 g/mol. The summed E-state index contributed by atoms with van der Waals surface area (Å²) in [5.74, 6) is 0.0490. The van der Waals surface area contributed by atoms with Crippen molar-refractivity contribution < 1.29 is 4.79 Å². The maximum atomic E-state index is 13.2. The molecule has 1 fully saturated rings. The zero-order valence-corrected chi connectivity index (χ0v) is 17.0. The number of nitrogens with one attached hydrogen (secondary N) is 1. The Balaban J connectivity index is 1.45. The molecule has 154 valence electrons. The van der Waals surface area contributed by atoms with E-state index in [9.17, 15) is 9.59 Å². The van der Waals surface area contributed by atoms with Gasteiger partial charge in [-0.2, -0.15) is 5.10 Å². The van der Waals surface area contributed by atoms with Gasteiger partial charge in [-0.15, -0.1) is 0 Å². The molecule has 1 aliphatic rings. The first-order valence-electron chi connectivity index (χ1n) is 10.3. The lowest BCUT2D eigenvalue weighted by atomic mass is 9.94. The van der Waals surface area contributed by atoms with Crippen LogP contribution in [0.3, 0.4) is 0 Å². The molecule has 1 amide bonds. The van der Waals surface area contributed by atoms with Crippen molar-refractivity contribution in [1.82, 2.24) is 34.1 Å². The Hall–Kier alpha value is -3.49. The molecule has 0 aliphatic carbocycles. The molecule has 5 heterocycles.